The van der Waals surface area contributed by atoms with E-state index >= 15 is 0 Å². The molecule has 4 rings (SSSR count). The molecule has 1 atom stereocenters. The van der Waals surface area contributed by atoms with E-state index in [-0.39, 0.29) is 12.3 Å². The van der Waals surface area contributed by atoms with Crippen LogP contribution in [-0.4, -0.2) is 27.5 Å². The number of carbonyl (C=O) groups is 2. The van der Waals surface area contributed by atoms with E-state index in [1.54, 1.807) is 6.92 Å². The summed E-state index contributed by atoms with van der Waals surface area (Å²) in [6.45, 7) is 3.77. The van der Waals surface area contributed by atoms with Gasteiger partial charge in [0.15, 0.2) is 0 Å². The van der Waals surface area contributed by atoms with Crippen LogP contribution in [0.4, 0.5) is 0 Å². The van der Waals surface area contributed by atoms with Gasteiger partial charge in [0.1, 0.15) is 5.54 Å². The normalized spacial score (nSPS) is 20.2. The molecule has 1 heterocycles. The molecule has 2 aromatic rings. The number of aliphatic carboxylic acids is 1. The van der Waals surface area contributed by atoms with Crippen molar-refractivity contribution >= 4 is 22.8 Å². The zero-order valence-electron chi connectivity index (χ0n) is 21.0. The topological polar surface area (TPSA) is 82.2 Å². The van der Waals surface area contributed by atoms with Gasteiger partial charge in [0.05, 0.1) is 0 Å². The summed E-state index contributed by atoms with van der Waals surface area (Å²) in [5.41, 5.74) is 0.0154. The number of fused-ring (bicyclic) bond motifs is 1. The number of hydrogen-bond acceptors (Lipinski definition) is 2. The highest BCUT2D eigenvalue weighted by Gasteiger charge is 2.44. The number of carboxylic acid groups (broad SMARTS) is 1. The average Bonchev–Trinajstić information content (AvgIpc) is 3.22. The Hall–Kier alpha value is -2.30. The summed E-state index contributed by atoms with van der Waals surface area (Å²) >= 11 is 0. The summed E-state index contributed by atoms with van der Waals surface area (Å²) in [5, 5.41) is 14.3. The van der Waals surface area contributed by atoms with Crippen molar-refractivity contribution in [1.29, 1.82) is 0 Å². The fourth-order valence-corrected chi connectivity index (χ4v) is 6.56. The summed E-state index contributed by atoms with van der Waals surface area (Å²) in [4.78, 5) is 29.7. The van der Waals surface area contributed by atoms with Gasteiger partial charge in [-0.2, -0.15) is 0 Å². The molecule has 5 nitrogen and oxygen atoms in total. The van der Waals surface area contributed by atoms with E-state index in [1.807, 2.05) is 30.5 Å². The Labute approximate surface area is 204 Å². The van der Waals surface area contributed by atoms with Crippen LogP contribution in [0.3, 0.4) is 0 Å². The number of hydrogen-bond donors (Lipinski definition) is 3. The number of carbonyl (C=O) groups excluding carboxylic acids is 1. The lowest BCUT2D eigenvalue weighted by atomic mass is 9.68. The Morgan fingerprint density at radius 2 is 1.50 bits per heavy atom. The molecule has 0 radical (unpaired) electrons. The van der Waals surface area contributed by atoms with Crippen LogP contribution in [-0.2, 0) is 16.0 Å². The molecule has 2 aliphatic carbocycles. The third kappa shape index (κ3) is 5.67. The molecule has 3 N–H and O–H groups in total. The molecule has 2 aliphatic rings. The Balaban J connectivity index is 1.55. The Morgan fingerprint density at radius 1 is 0.941 bits per heavy atom. The number of aromatic nitrogens is 1. The summed E-state index contributed by atoms with van der Waals surface area (Å²) in [5.74, 6) is 0.0767. The highest BCUT2D eigenvalue weighted by atomic mass is 16.4. The van der Waals surface area contributed by atoms with Gasteiger partial charge in [-0.05, 0) is 43.2 Å². The maximum Gasteiger partial charge on any atom is 0.329 e. The number of rotatable bonds is 9. The molecule has 5 heteroatoms. The Kier molecular flexibility index (Phi) is 7.69. The van der Waals surface area contributed by atoms with Crippen LogP contribution < -0.4 is 5.32 Å². The summed E-state index contributed by atoms with van der Waals surface area (Å²) in [7, 11) is 0. The van der Waals surface area contributed by atoms with Gasteiger partial charge in [0, 0.05) is 28.9 Å². The standard InChI is InChI=1S/C29H42N2O3/c1-28(17-21-11-5-3-6-12-21,18-22-13-7-4-8-14-22)26(32)31-29(2,27(33)34)19-23-20-30-25-16-10-9-15-24(23)25/h9-10,15-16,20-22,30H,3-8,11-14,17-19H2,1-2H3,(H,31,32)(H,33,34)/t29-/m1/s1. The predicted molar refractivity (Wildman–Crippen MR) is 137 cm³/mol. The number of benzene rings is 1. The smallest absolute Gasteiger partial charge is 0.329 e. The van der Waals surface area contributed by atoms with Gasteiger partial charge in [0.25, 0.3) is 0 Å². The molecule has 1 amide bonds. The maximum absolute atomic E-state index is 13.9. The third-order valence-electron chi connectivity index (χ3n) is 8.56. The number of aromatic amines is 1. The summed E-state index contributed by atoms with van der Waals surface area (Å²) in [6.07, 6.45) is 16.2. The van der Waals surface area contributed by atoms with Crippen molar-refractivity contribution < 1.29 is 14.7 Å². The quantitative estimate of drug-likeness (QED) is 0.388. The molecule has 0 saturated heterocycles. The molecule has 1 aromatic heterocycles. The van der Waals surface area contributed by atoms with E-state index < -0.39 is 16.9 Å². The van der Waals surface area contributed by atoms with Crippen molar-refractivity contribution in [2.75, 3.05) is 0 Å². The van der Waals surface area contributed by atoms with Gasteiger partial charge >= 0.3 is 5.97 Å². The molecule has 2 saturated carbocycles. The first-order valence-electron chi connectivity index (χ1n) is 13.4. The van der Waals surface area contributed by atoms with E-state index in [9.17, 15) is 14.7 Å². The number of carboxylic acids is 1. The lowest BCUT2D eigenvalue weighted by molar-refractivity contribution is -0.149. The molecule has 1 aromatic carbocycles. The fourth-order valence-electron chi connectivity index (χ4n) is 6.56. The van der Waals surface area contributed by atoms with Crippen molar-refractivity contribution in [1.82, 2.24) is 10.3 Å². The van der Waals surface area contributed by atoms with Gasteiger partial charge in [0.2, 0.25) is 5.91 Å². The van der Waals surface area contributed by atoms with E-state index in [1.165, 1.54) is 64.2 Å². The van der Waals surface area contributed by atoms with Gasteiger partial charge in [-0.3, -0.25) is 4.79 Å². The first-order valence-corrected chi connectivity index (χ1v) is 13.4. The minimum Gasteiger partial charge on any atom is -0.480 e. The highest BCUT2D eigenvalue weighted by Crippen LogP contribution is 2.42. The Bertz CT molecular complexity index is 964. The number of H-pyrrole nitrogens is 1. The van der Waals surface area contributed by atoms with Crippen LogP contribution in [0.2, 0.25) is 0 Å². The van der Waals surface area contributed by atoms with Gasteiger partial charge in [-0.1, -0.05) is 89.3 Å². The lowest BCUT2D eigenvalue weighted by Crippen LogP contribution is -2.57. The summed E-state index contributed by atoms with van der Waals surface area (Å²) < 4.78 is 0. The Morgan fingerprint density at radius 3 is 2.06 bits per heavy atom. The molecule has 0 bridgehead atoms. The highest BCUT2D eigenvalue weighted by molar-refractivity contribution is 5.91. The molecule has 2 fully saturated rings. The fraction of sp³-hybridized carbons (Fsp3) is 0.655. The monoisotopic (exact) mass is 466 g/mol. The number of para-hydroxylation sites is 1. The van der Waals surface area contributed by atoms with E-state index in [4.69, 9.17) is 0 Å². The largest absolute Gasteiger partial charge is 0.480 e. The first-order chi connectivity index (χ1) is 16.3. The zero-order valence-corrected chi connectivity index (χ0v) is 21.0. The zero-order chi connectivity index (χ0) is 24.2. The van der Waals surface area contributed by atoms with Crippen molar-refractivity contribution in [2.45, 2.75) is 103 Å². The maximum atomic E-state index is 13.9. The molecular formula is C29H42N2O3. The minimum atomic E-state index is -1.36. The molecule has 0 spiro atoms. The second-order valence-electron chi connectivity index (χ2n) is 11.6. The van der Waals surface area contributed by atoms with Crippen molar-refractivity contribution in [3.8, 4) is 0 Å². The summed E-state index contributed by atoms with van der Waals surface area (Å²) in [6, 6.07) is 7.91. The van der Waals surface area contributed by atoms with Crippen LogP contribution >= 0.6 is 0 Å². The third-order valence-corrected chi connectivity index (χ3v) is 8.56. The van der Waals surface area contributed by atoms with Crippen LogP contribution in [0.25, 0.3) is 10.9 Å². The number of nitrogens with one attached hydrogen (secondary N) is 2. The second kappa shape index (κ2) is 10.5. The predicted octanol–water partition coefficient (Wildman–Crippen LogP) is 6.62. The molecular weight excluding hydrogens is 424 g/mol. The number of amides is 1. The van der Waals surface area contributed by atoms with Crippen LogP contribution in [0.1, 0.15) is 96.5 Å². The average molecular weight is 467 g/mol. The molecule has 0 aliphatic heterocycles. The molecule has 186 valence electrons. The van der Waals surface area contributed by atoms with E-state index in [0.29, 0.717) is 11.8 Å². The van der Waals surface area contributed by atoms with Crippen molar-refractivity contribution in [3.05, 3.63) is 36.0 Å². The van der Waals surface area contributed by atoms with Crippen LogP contribution in [0.5, 0.6) is 0 Å². The van der Waals surface area contributed by atoms with Crippen LogP contribution in [0, 0.1) is 17.3 Å². The molecule has 34 heavy (non-hydrogen) atoms. The van der Waals surface area contributed by atoms with Crippen molar-refractivity contribution in [3.63, 3.8) is 0 Å². The van der Waals surface area contributed by atoms with Gasteiger partial charge in [-0.25, -0.2) is 4.79 Å². The second-order valence-corrected chi connectivity index (χ2v) is 11.6. The van der Waals surface area contributed by atoms with E-state index in [2.05, 4.69) is 17.2 Å². The van der Waals surface area contributed by atoms with Crippen LogP contribution in [0.15, 0.2) is 30.5 Å². The first kappa shape index (κ1) is 24.8. The van der Waals surface area contributed by atoms with Gasteiger partial charge in [-0.15, -0.1) is 0 Å². The minimum absolute atomic E-state index is 0.0756. The SMILES string of the molecule is CC(CC1CCCCC1)(CC1CCCCC1)C(=O)N[C@](C)(Cc1c[nH]c2ccccc12)C(=O)O. The molecule has 0 unspecified atom stereocenters. The van der Waals surface area contributed by atoms with Gasteiger partial charge < -0.3 is 15.4 Å². The van der Waals surface area contributed by atoms with Crippen molar-refractivity contribution in [2.24, 2.45) is 17.3 Å². The van der Waals surface area contributed by atoms with E-state index in [0.717, 1.165) is 29.3 Å². The lowest BCUT2D eigenvalue weighted by Gasteiger charge is -2.39.